The Bertz CT molecular complexity index is 307. The molecule has 0 radical (unpaired) electrons. The van der Waals surface area contributed by atoms with Crippen LogP contribution in [0.1, 0.15) is 39.0 Å². The highest BCUT2D eigenvalue weighted by molar-refractivity contribution is 4.99. The van der Waals surface area contributed by atoms with Crippen molar-refractivity contribution in [1.82, 2.24) is 15.1 Å². The summed E-state index contributed by atoms with van der Waals surface area (Å²) in [5.74, 6) is 0.972. The molecule has 2 bridgehead atoms. The van der Waals surface area contributed by atoms with Crippen molar-refractivity contribution in [1.29, 1.82) is 0 Å². The molecule has 102 valence electrons. The van der Waals surface area contributed by atoms with Crippen LogP contribution in [-0.4, -0.2) is 60.1 Å². The standard InChI is InChI=1S/C15H27N3/c1-11-8-13(9-18(11)14-2-3-14)16-15-10-17-6-4-12(15)5-7-17/h11-16H,2-10H2,1H3. The van der Waals surface area contributed by atoms with Gasteiger partial charge in [0.2, 0.25) is 0 Å². The molecule has 0 aromatic heterocycles. The van der Waals surface area contributed by atoms with Crippen LogP contribution >= 0.6 is 0 Å². The summed E-state index contributed by atoms with van der Waals surface area (Å²) >= 11 is 0. The van der Waals surface area contributed by atoms with Crippen molar-refractivity contribution < 1.29 is 0 Å². The molecule has 0 aromatic rings. The maximum absolute atomic E-state index is 4.01. The van der Waals surface area contributed by atoms with Crippen molar-refractivity contribution in [3.63, 3.8) is 0 Å². The van der Waals surface area contributed by atoms with Gasteiger partial charge < -0.3 is 10.2 Å². The Morgan fingerprint density at radius 1 is 1.00 bits per heavy atom. The molecular formula is C15H27N3. The lowest BCUT2D eigenvalue weighted by Crippen LogP contribution is -2.58. The second-order valence-electron chi connectivity index (χ2n) is 7.12. The van der Waals surface area contributed by atoms with Gasteiger partial charge in [0, 0.05) is 37.3 Å². The second kappa shape index (κ2) is 4.46. The van der Waals surface area contributed by atoms with Crippen LogP contribution in [0.2, 0.25) is 0 Å². The smallest absolute Gasteiger partial charge is 0.0227 e. The Morgan fingerprint density at radius 3 is 2.39 bits per heavy atom. The maximum atomic E-state index is 4.01. The van der Waals surface area contributed by atoms with E-state index in [1.54, 1.807) is 0 Å². The third-order valence-electron chi connectivity index (χ3n) is 5.74. The van der Waals surface area contributed by atoms with Gasteiger partial charge in [0.15, 0.2) is 0 Å². The van der Waals surface area contributed by atoms with E-state index in [2.05, 4.69) is 22.0 Å². The largest absolute Gasteiger partial charge is 0.308 e. The van der Waals surface area contributed by atoms with E-state index in [1.807, 2.05) is 0 Å². The fraction of sp³-hybridized carbons (Fsp3) is 1.00. The van der Waals surface area contributed by atoms with Crippen molar-refractivity contribution in [2.24, 2.45) is 5.92 Å². The van der Waals surface area contributed by atoms with E-state index in [0.29, 0.717) is 0 Å². The monoisotopic (exact) mass is 249 g/mol. The Morgan fingerprint density at radius 2 is 1.78 bits per heavy atom. The number of rotatable bonds is 3. The summed E-state index contributed by atoms with van der Waals surface area (Å²) in [6, 6.07) is 3.32. The molecule has 3 heteroatoms. The predicted molar refractivity (Wildman–Crippen MR) is 73.7 cm³/mol. The first-order valence-corrected chi connectivity index (χ1v) is 8.04. The number of piperidine rings is 3. The lowest BCUT2D eigenvalue weighted by atomic mass is 9.83. The fourth-order valence-corrected chi connectivity index (χ4v) is 4.55. The molecule has 5 aliphatic rings. The predicted octanol–water partition coefficient (Wildman–Crippen LogP) is 1.30. The van der Waals surface area contributed by atoms with Crippen LogP contribution in [0, 0.1) is 5.92 Å². The Hall–Kier alpha value is -0.120. The Labute approximate surface area is 111 Å². The van der Waals surface area contributed by atoms with Crippen LogP contribution < -0.4 is 5.32 Å². The van der Waals surface area contributed by atoms with Crippen molar-refractivity contribution in [3.05, 3.63) is 0 Å². The van der Waals surface area contributed by atoms with Gasteiger partial charge in [-0.3, -0.25) is 4.90 Å². The summed E-state index contributed by atoms with van der Waals surface area (Å²) in [5.41, 5.74) is 0. The molecule has 4 aliphatic heterocycles. The molecule has 4 saturated heterocycles. The van der Waals surface area contributed by atoms with Crippen molar-refractivity contribution in [2.45, 2.75) is 63.2 Å². The molecular weight excluding hydrogens is 222 g/mol. The van der Waals surface area contributed by atoms with Crippen LogP contribution in [0.5, 0.6) is 0 Å². The van der Waals surface area contributed by atoms with Crippen molar-refractivity contribution in [3.8, 4) is 0 Å². The topological polar surface area (TPSA) is 18.5 Å². The van der Waals surface area contributed by atoms with Gasteiger partial charge in [-0.2, -0.15) is 0 Å². The van der Waals surface area contributed by atoms with E-state index < -0.39 is 0 Å². The van der Waals surface area contributed by atoms with E-state index in [9.17, 15) is 0 Å². The average Bonchev–Trinajstić information content (AvgIpc) is 3.16. The SMILES string of the molecule is CC1CC(NC2CN3CCC2CC3)CN1C1CC1. The lowest BCUT2D eigenvalue weighted by Gasteiger charge is -2.46. The number of likely N-dealkylation sites (tertiary alicyclic amines) is 1. The quantitative estimate of drug-likeness (QED) is 0.813. The molecule has 5 rings (SSSR count). The molecule has 3 nitrogen and oxygen atoms in total. The van der Waals surface area contributed by atoms with E-state index >= 15 is 0 Å². The third kappa shape index (κ3) is 2.10. The first-order chi connectivity index (χ1) is 8.79. The normalized spacial score (nSPS) is 48.8. The highest BCUT2D eigenvalue weighted by Crippen LogP contribution is 2.34. The van der Waals surface area contributed by atoms with Crippen LogP contribution in [0.25, 0.3) is 0 Å². The minimum atomic E-state index is 0.770. The van der Waals surface area contributed by atoms with Gasteiger partial charge >= 0.3 is 0 Å². The highest BCUT2D eigenvalue weighted by Gasteiger charge is 2.41. The maximum Gasteiger partial charge on any atom is 0.0227 e. The molecule has 3 atom stereocenters. The lowest BCUT2D eigenvalue weighted by molar-refractivity contribution is 0.0673. The molecule has 4 heterocycles. The number of hydrogen-bond acceptors (Lipinski definition) is 3. The van der Waals surface area contributed by atoms with Crippen LogP contribution in [-0.2, 0) is 0 Å². The summed E-state index contributed by atoms with van der Waals surface area (Å²) in [6.07, 6.45) is 7.16. The fourth-order valence-electron chi connectivity index (χ4n) is 4.55. The molecule has 1 saturated carbocycles. The number of fused-ring (bicyclic) bond motifs is 3. The highest BCUT2D eigenvalue weighted by atomic mass is 15.3. The summed E-state index contributed by atoms with van der Waals surface area (Å²) in [7, 11) is 0. The zero-order valence-electron chi connectivity index (χ0n) is 11.6. The molecule has 3 unspecified atom stereocenters. The Balaban J connectivity index is 1.35. The van der Waals surface area contributed by atoms with Gasteiger partial charge in [-0.15, -0.1) is 0 Å². The van der Waals surface area contributed by atoms with Crippen LogP contribution in [0.4, 0.5) is 0 Å². The average molecular weight is 249 g/mol. The third-order valence-corrected chi connectivity index (χ3v) is 5.74. The van der Waals surface area contributed by atoms with E-state index in [-0.39, 0.29) is 0 Å². The Kier molecular flexibility index (Phi) is 2.90. The number of nitrogens with zero attached hydrogens (tertiary/aromatic N) is 2. The van der Waals surface area contributed by atoms with Gasteiger partial charge in [-0.05, 0) is 58.0 Å². The van der Waals surface area contributed by atoms with Gasteiger partial charge in [0.1, 0.15) is 0 Å². The van der Waals surface area contributed by atoms with Gasteiger partial charge in [-0.1, -0.05) is 0 Å². The van der Waals surface area contributed by atoms with Gasteiger partial charge in [-0.25, -0.2) is 0 Å². The van der Waals surface area contributed by atoms with E-state index in [0.717, 1.165) is 30.1 Å². The molecule has 0 spiro atoms. The minimum Gasteiger partial charge on any atom is -0.308 e. The molecule has 0 amide bonds. The molecule has 0 aromatic carbocycles. The molecule has 1 aliphatic carbocycles. The first kappa shape index (κ1) is 11.7. The minimum absolute atomic E-state index is 0.770. The van der Waals surface area contributed by atoms with E-state index in [4.69, 9.17) is 0 Å². The number of nitrogens with one attached hydrogen (secondary N) is 1. The molecule has 18 heavy (non-hydrogen) atoms. The first-order valence-electron chi connectivity index (χ1n) is 8.04. The van der Waals surface area contributed by atoms with Crippen molar-refractivity contribution in [2.75, 3.05) is 26.2 Å². The summed E-state index contributed by atoms with van der Waals surface area (Å²) in [6.45, 7) is 7.78. The van der Waals surface area contributed by atoms with Crippen LogP contribution in [0.15, 0.2) is 0 Å². The van der Waals surface area contributed by atoms with Crippen molar-refractivity contribution >= 4 is 0 Å². The van der Waals surface area contributed by atoms with Crippen LogP contribution in [0.3, 0.4) is 0 Å². The molecule has 5 fully saturated rings. The zero-order valence-corrected chi connectivity index (χ0v) is 11.6. The van der Waals surface area contributed by atoms with E-state index in [1.165, 1.54) is 58.3 Å². The summed E-state index contributed by atoms with van der Waals surface area (Å²) < 4.78 is 0. The van der Waals surface area contributed by atoms with Gasteiger partial charge in [0.25, 0.3) is 0 Å². The zero-order chi connectivity index (χ0) is 12.1. The molecule has 1 N–H and O–H groups in total. The summed E-state index contributed by atoms with van der Waals surface area (Å²) in [4.78, 5) is 5.42. The number of hydrogen-bond donors (Lipinski definition) is 1. The second-order valence-corrected chi connectivity index (χ2v) is 7.12. The van der Waals surface area contributed by atoms with Gasteiger partial charge in [0.05, 0.1) is 0 Å². The summed E-state index contributed by atoms with van der Waals surface area (Å²) in [5, 5.41) is 4.01.